The number of hydrogen-bond acceptors (Lipinski definition) is 5. The molecule has 5 nitrogen and oxygen atoms in total. The predicted octanol–water partition coefficient (Wildman–Crippen LogP) is 2.23. The van der Waals surface area contributed by atoms with Crippen LogP contribution in [-0.4, -0.2) is 15.1 Å². The molecular formula is C12H10N4O. The van der Waals surface area contributed by atoms with Crippen LogP contribution in [0.4, 0.5) is 5.82 Å². The zero-order valence-corrected chi connectivity index (χ0v) is 9.00. The van der Waals surface area contributed by atoms with Gasteiger partial charge in [0, 0.05) is 6.07 Å². The van der Waals surface area contributed by atoms with Gasteiger partial charge < -0.3 is 9.84 Å². The van der Waals surface area contributed by atoms with Crippen LogP contribution in [0.25, 0.3) is 11.0 Å². The maximum Gasteiger partial charge on any atom is 0.155 e. The Kier molecular flexibility index (Phi) is 2.42. The van der Waals surface area contributed by atoms with Crippen LogP contribution in [0.15, 0.2) is 47.2 Å². The quantitative estimate of drug-likeness (QED) is 0.741. The van der Waals surface area contributed by atoms with Crippen LogP contribution in [0, 0.1) is 0 Å². The average Bonchev–Trinajstić information content (AvgIpc) is 2.89. The summed E-state index contributed by atoms with van der Waals surface area (Å²) in [6.07, 6.45) is 3.32. The summed E-state index contributed by atoms with van der Waals surface area (Å²) in [4.78, 5) is 8.75. The van der Waals surface area contributed by atoms with Crippen LogP contribution in [-0.2, 0) is 6.54 Å². The SMILES string of the molecule is c1ccc2nc(NCc3ccno3)cnc2c1. The minimum Gasteiger partial charge on any atom is -0.361 e. The molecule has 0 aliphatic heterocycles. The van der Waals surface area contributed by atoms with E-state index < -0.39 is 0 Å². The molecule has 0 bridgehead atoms. The number of benzene rings is 1. The molecule has 0 atom stereocenters. The highest BCUT2D eigenvalue weighted by Crippen LogP contribution is 2.12. The number of para-hydroxylation sites is 2. The summed E-state index contributed by atoms with van der Waals surface area (Å²) in [5.74, 6) is 1.49. The van der Waals surface area contributed by atoms with Crippen LogP contribution in [0.5, 0.6) is 0 Å². The van der Waals surface area contributed by atoms with Gasteiger partial charge >= 0.3 is 0 Å². The molecule has 84 valence electrons. The monoisotopic (exact) mass is 226 g/mol. The summed E-state index contributed by atoms with van der Waals surface area (Å²) in [7, 11) is 0. The van der Waals surface area contributed by atoms with Gasteiger partial charge in [0.05, 0.1) is 30.0 Å². The molecular weight excluding hydrogens is 216 g/mol. The zero-order valence-electron chi connectivity index (χ0n) is 9.00. The van der Waals surface area contributed by atoms with E-state index in [4.69, 9.17) is 4.52 Å². The molecule has 17 heavy (non-hydrogen) atoms. The lowest BCUT2D eigenvalue weighted by Gasteiger charge is -2.03. The molecule has 3 rings (SSSR count). The average molecular weight is 226 g/mol. The Morgan fingerprint density at radius 2 is 2.00 bits per heavy atom. The second kappa shape index (κ2) is 4.21. The lowest BCUT2D eigenvalue weighted by atomic mass is 10.3. The van der Waals surface area contributed by atoms with Crippen LogP contribution in [0.1, 0.15) is 5.76 Å². The van der Waals surface area contributed by atoms with E-state index in [0.29, 0.717) is 6.54 Å². The molecule has 5 heteroatoms. The molecule has 0 amide bonds. The van der Waals surface area contributed by atoms with Gasteiger partial charge in [0.1, 0.15) is 5.82 Å². The first-order valence-corrected chi connectivity index (χ1v) is 5.27. The molecule has 3 aromatic rings. The molecule has 1 N–H and O–H groups in total. The predicted molar refractivity (Wildman–Crippen MR) is 63.4 cm³/mol. The highest BCUT2D eigenvalue weighted by atomic mass is 16.5. The standard InChI is InChI=1S/C12H10N4O/c1-2-4-11-10(3-1)13-8-12(16-11)14-7-9-5-6-15-17-9/h1-6,8H,7H2,(H,14,16). The topological polar surface area (TPSA) is 63.8 Å². The number of rotatable bonds is 3. The van der Waals surface area contributed by atoms with Gasteiger partial charge in [0.25, 0.3) is 0 Å². The van der Waals surface area contributed by atoms with Crippen molar-refractivity contribution in [1.29, 1.82) is 0 Å². The fourth-order valence-electron chi connectivity index (χ4n) is 1.55. The molecule has 0 saturated heterocycles. The fraction of sp³-hybridized carbons (Fsp3) is 0.0833. The normalized spacial score (nSPS) is 10.6. The van der Waals surface area contributed by atoms with Crippen molar-refractivity contribution in [1.82, 2.24) is 15.1 Å². The Balaban J connectivity index is 1.81. The van der Waals surface area contributed by atoms with E-state index in [1.54, 1.807) is 12.4 Å². The van der Waals surface area contributed by atoms with E-state index in [0.717, 1.165) is 22.6 Å². The Morgan fingerprint density at radius 3 is 2.82 bits per heavy atom. The van der Waals surface area contributed by atoms with E-state index in [2.05, 4.69) is 20.4 Å². The Hall–Kier alpha value is -2.43. The maximum absolute atomic E-state index is 4.98. The molecule has 0 spiro atoms. The van der Waals surface area contributed by atoms with Crippen LogP contribution in [0.2, 0.25) is 0 Å². The summed E-state index contributed by atoms with van der Waals surface area (Å²) in [6, 6.07) is 9.56. The fourth-order valence-corrected chi connectivity index (χ4v) is 1.55. The molecule has 0 unspecified atom stereocenters. The summed E-state index contributed by atoms with van der Waals surface area (Å²) in [5, 5.41) is 6.77. The summed E-state index contributed by atoms with van der Waals surface area (Å²) < 4.78 is 4.98. The third-order valence-electron chi connectivity index (χ3n) is 2.38. The minimum atomic E-state index is 0.549. The highest BCUT2D eigenvalue weighted by Gasteiger charge is 2.00. The second-order valence-corrected chi connectivity index (χ2v) is 3.58. The van der Waals surface area contributed by atoms with E-state index in [9.17, 15) is 0 Å². The molecule has 0 fully saturated rings. The molecule has 0 radical (unpaired) electrons. The van der Waals surface area contributed by atoms with Gasteiger partial charge in [-0.05, 0) is 12.1 Å². The molecule has 2 heterocycles. The Morgan fingerprint density at radius 1 is 1.12 bits per heavy atom. The van der Waals surface area contributed by atoms with E-state index in [1.807, 2.05) is 30.3 Å². The molecule has 0 aliphatic rings. The first kappa shape index (κ1) is 9.77. The van der Waals surface area contributed by atoms with Crippen LogP contribution < -0.4 is 5.32 Å². The largest absolute Gasteiger partial charge is 0.361 e. The molecule has 1 aromatic carbocycles. The van der Waals surface area contributed by atoms with E-state index in [1.165, 1.54) is 0 Å². The van der Waals surface area contributed by atoms with Crippen molar-refractivity contribution in [2.45, 2.75) is 6.54 Å². The van der Waals surface area contributed by atoms with Gasteiger partial charge in [-0.2, -0.15) is 0 Å². The van der Waals surface area contributed by atoms with Gasteiger partial charge in [-0.3, -0.25) is 4.98 Å². The summed E-state index contributed by atoms with van der Waals surface area (Å²) in [5.41, 5.74) is 1.76. The lowest BCUT2D eigenvalue weighted by Crippen LogP contribution is -2.01. The zero-order chi connectivity index (χ0) is 11.5. The first-order valence-electron chi connectivity index (χ1n) is 5.27. The summed E-state index contributed by atoms with van der Waals surface area (Å²) in [6.45, 7) is 0.549. The van der Waals surface area contributed by atoms with Gasteiger partial charge in [-0.25, -0.2) is 4.98 Å². The van der Waals surface area contributed by atoms with Crippen molar-refractivity contribution >= 4 is 16.9 Å². The van der Waals surface area contributed by atoms with Gasteiger partial charge in [-0.15, -0.1) is 0 Å². The van der Waals surface area contributed by atoms with Crippen molar-refractivity contribution in [3.05, 3.63) is 48.5 Å². The number of nitrogens with one attached hydrogen (secondary N) is 1. The Bertz CT molecular complexity index is 621. The maximum atomic E-state index is 4.98. The molecule has 0 saturated carbocycles. The van der Waals surface area contributed by atoms with Crippen molar-refractivity contribution in [3.8, 4) is 0 Å². The van der Waals surface area contributed by atoms with Crippen LogP contribution >= 0.6 is 0 Å². The molecule has 0 aliphatic carbocycles. The first-order chi connectivity index (χ1) is 8.42. The number of hydrogen-bond donors (Lipinski definition) is 1. The smallest absolute Gasteiger partial charge is 0.155 e. The van der Waals surface area contributed by atoms with Gasteiger partial charge in [-0.1, -0.05) is 17.3 Å². The number of aromatic nitrogens is 3. The lowest BCUT2D eigenvalue weighted by molar-refractivity contribution is 0.388. The van der Waals surface area contributed by atoms with E-state index >= 15 is 0 Å². The second-order valence-electron chi connectivity index (χ2n) is 3.58. The number of fused-ring (bicyclic) bond motifs is 1. The summed E-state index contributed by atoms with van der Waals surface area (Å²) >= 11 is 0. The van der Waals surface area contributed by atoms with E-state index in [-0.39, 0.29) is 0 Å². The van der Waals surface area contributed by atoms with Crippen molar-refractivity contribution in [3.63, 3.8) is 0 Å². The Labute approximate surface area is 97.5 Å². The van der Waals surface area contributed by atoms with Crippen LogP contribution in [0.3, 0.4) is 0 Å². The third-order valence-corrected chi connectivity index (χ3v) is 2.38. The van der Waals surface area contributed by atoms with Crippen molar-refractivity contribution < 1.29 is 4.52 Å². The highest BCUT2D eigenvalue weighted by molar-refractivity contribution is 5.75. The van der Waals surface area contributed by atoms with Gasteiger partial charge in [0.2, 0.25) is 0 Å². The number of nitrogens with zero attached hydrogens (tertiary/aromatic N) is 3. The molecule has 2 aromatic heterocycles. The van der Waals surface area contributed by atoms with Crippen molar-refractivity contribution in [2.75, 3.05) is 5.32 Å². The van der Waals surface area contributed by atoms with Crippen molar-refractivity contribution in [2.24, 2.45) is 0 Å². The third kappa shape index (κ3) is 2.08. The minimum absolute atomic E-state index is 0.549. The van der Waals surface area contributed by atoms with Gasteiger partial charge in [0.15, 0.2) is 5.76 Å². The number of anilines is 1.